The molecule has 0 saturated carbocycles. The van der Waals surface area contributed by atoms with Gasteiger partial charge in [0.1, 0.15) is 6.61 Å². The first-order valence-electron chi connectivity index (χ1n) is 13.4. The third-order valence-electron chi connectivity index (χ3n) is 8.34. The number of rotatable bonds is 6. The molecule has 0 unspecified atom stereocenters. The molecule has 7 heteroatoms. The molecule has 37 heavy (non-hydrogen) atoms. The molecule has 2 aliphatic heterocycles. The molecule has 3 aromatic rings. The van der Waals surface area contributed by atoms with Crippen LogP contribution in [0.3, 0.4) is 0 Å². The Kier molecular flexibility index (Phi) is 7.72. The molecular formula is C30H37BrN4O2. The van der Waals surface area contributed by atoms with Gasteiger partial charge in [0.2, 0.25) is 0 Å². The number of likely N-dealkylation sites (tertiary alicyclic amines) is 2. The first-order chi connectivity index (χ1) is 17.9. The van der Waals surface area contributed by atoms with Gasteiger partial charge in [-0.25, -0.2) is 0 Å². The van der Waals surface area contributed by atoms with Gasteiger partial charge in [0.05, 0.1) is 5.71 Å². The van der Waals surface area contributed by atoms with Crippen molar-refractivity contribution in [3.8, 4) is 0 Å². The molecular weight excluding hydrogens is 528 g/mol. The maximum Gasteiger partial charge on any atom is 0.253 e. The van der Waals surface area contributed by atoms with Crippen LogP contribution in [0.4, 0.5) is 0 Å². The molecule has 5 rings (SSSR count). The molecule has 0 N–H and O–H groups in total. The van der Waals surface area contributed by atoms with E-state index in [0.29, 0.717) is 12.5 Å². The van der Waals surface area contributed by atoms with Crippen LogP contribution < -0.4 is 0 Å². The van der Waals surface area contributed by atoms with Gasteiger partial charge in [0.15, 0.2) is 0 Å². The van der Waals surface area contributed by atoms with E-state index < -0.39 is 0 Å². The number of carbonyl (C=O) groups is 1. The van der Waals surface area contributed by atoms with E-state index in [1.54, 1.807) is 0 Å². The summed E-state index contributed by atoms with van der Waals surface area (Å²) in [5, 5.41) is 5.66. The molecule has 2 aromatic carbocycles. The monoisotopic (exact) mass is 564 g/mol. The topological polar surface area (TPSA) is 50.1 Å². The van der Waals surface area contributed by atoms with Crippen molar-refractivity contribution < 1.29 is 9.63 Å². The Balaban J connectivity index is 1.20. The summed E-state index contributed by atoms with van der Waals surface area (Å²) in [5.74, 6) is 0.542. The highest BCUT2D eigenvalue weighted by molar-refractivity contribution is 9.10. The normalized spacial score (nSPS) is 19.4. The van der Waals surface area contributed by atoms with E-state index in [9.17, 15) is 4.79 Å². The lowest BCUT2D eigenvalue weighted by Crippen LogP contribution is -2.56. The van der Waals surface area contributed by atoms with Gasteiger partial charge in [0, 0.05) is 58.7 Å². The van der Waals surface area contributed by atoms with Crippen LogP contribution in [0.1, 0.15) is 55.5 Å². The molecule has 2 fully saturated rings. The molecule has 2 aliphatic rings. The summed E-state index contributed by atoms with van der Waals surface area (Å²) in [6.07, 6.45) is 6.18. The Morgan fingerprint density at radius 2 is 1.70 bits per heavy atom. The number of oxime groups is 1. The molecule has 3 heterocycles. The second-order valence-corrected chi connectivity index (χ2v) is 11.6. The van der Waals surface area contributed by atoms with E-state index in [2.05, 4.69) is 73.9 Å². The number of piperidine rings is 2. The first-order valence-corrected chi connectivity index (χ1v) is 14.2. The number of carbonyl (C=O) groups excluding carboxylic acids is 1. The van der Waals surface area contributed by atoms with E-state index in [0.717, 1.165) is 84.1 Å². The predicted octanol–water partition coefficient (Wildman–Crippen LogP) is 6.09. The third-order valence-corrected chi connectivity index (χ3v) is 8.87. The molecule has 0 atom stereocenters. The molecule has 6 nitrogen and oxygen atoms in total. The summed E-state index contributed by atoms with van der Waals surface area (Å²) < 4.78 is 3.16. The molecule has 0 bridgehead atoms. The summed E-state index contributed by atoms with van der Waals surface area (Å²) in [6, 6.07) is 16.5. The second-order valence-electron chi connectivity index (χ2n) is 10.7. The van der Waals surface area contributed by atoms with Crippen LogP contribution in [0.15, 0.2) is 64.4 Å². The fraction of sp³-hybridized carbons (Fsp3) is 0.467. The smallest absolute Gasteiger partial charge is 0.253 e. The van der Waals surface area contributed by atoms with Gasteiger partial charge in [-0.1, -0.05) is 33.2 Å². The predicted molar refractivity (Wildman–Crippen MR) is 153 cm³/mol. The summed E-state index contributed by atoms with van der Waals surface area (Å²) in [7, 11) is 2.03. The fourth-order valence-electron chi connectivity index (χ4n) is 5.92. The minimum atomic E-state index is 0.125. The van der Waals surface area contributed by atoms with Crippen molar-refractivity contribution >= 4 is 38.5 Å². The van der Waals surface area contributed by atoms with Crippen molar-refractivity contribution in [2.24, 2.45) is 18.1 Å². The highest BCUT2D eigenvalue weighted by atomic mass is 79.9. The van der Waals surface area contributed by atoms with E-state index in [1.807, 2.05) is 37.2 Å². The summed E-state index contributed by atoms with van der Waals surface area (Å²) in [6.45, 7) is 8.63. The van der Waals surface area contributed by atoms with Gasteiger partial charge >= 0.3 is 0 Å². The van der Waals surface area contributed by atoms with Gasteiger partial charge in [-0.3, -0.25) is 9.69 Å². The molecule has 1 amide bonds. The number of amides is 1. The highest BCUT2D eigenvalue weighted by Crippen LogP contribution is 2.34. The Bertz CT molecular complexity index is 1270. The van der Waals surface area contributed by atoms with Crippen LogP contribution in [-0.4, -0.2) is 64.3 Å². The highest BCUT2D eigenvalue weighted by Gasteiger charge is 2.39. The van der Waals surface area contributed by atoms with E-state index in [1.165, 1.54) is 0 Å². The number of fused-ring (bicyclic) bond motifs is 1. The van der Waals surface area contributed by atoms with Crippen LogP contribution in [0.5, 0.6) is 0 Å². The van der Waals surface area contributed by atoms with Crippen molar-refractivity contribution in [1.29, 1.82) is 0 Å². The minimum Gasteiger partial charge on any atom is -0.396 e. The van der Waals surface area contributed by atoms with Crippen LogP contribution in [0.25, 0.3) is 10.9 Å². The summed E-state index contributed by atoms with van der Waals surface area (Å²) in [4.78, 5) is 23.5. The number of aromatic nitrogens is 1. The Morgan fingerprint density at radius 3 is 2.38 bits per heavy atom. The van der Waals surface area contributed by atoms with Gasteiger partial charge in [-0.2, -0.15) is 0 Å². The lowest BCUT2D eigenvalue weighted by molar-refractivity contribution is 0.0161. The number of halogens is 1. The number of nitrogens with zero attached hydrogens (tertiary/aromatic N) is 4. The third kappa shape index (κ3) is 5.48. The van der Waals surface area contributed by atoms with Gasteiger partial charge in [-0.15, -0.1) is 0 Å². The quantitative estimate of drug-likeness (QED) is 0.269. The van der Waals surface area contributed by atoms with Crippen molar-refractivity contribution in [1.82, 2.24) is 14.4 Å². The molecule has 0 aliphatic carbocycles. The Labute approximate surface area is 228 Å². The number of hydrogen-bond donors (Lipinski definition) is 0. The number of hydrogen-bond acceptors (Lipinski definition) is 4. The maximum atomic E-state index is 13.3. The van der Waals surface area contributed by atoms with Crippen molar-refractivity contribution in [3.63, 3.8) is 0 Å². The van der Waals surface area contributed by atoms with Crippen molar-refractivity contribution in [2.45, 2.75) is 45.1 Å². The van der Waals surface area contributed by atoms with E-state index in [4.69, 9.17) is 4.84 Å². The van der Waals surface area contributed by atoms with Crippen LogP contribution in [0.2, 0.25) is 0 Å². The molecule has 196 valence electrons. The average molecular weight is 566 g/mol. The number of benzene rings is 2. The zero-order chi connectivity index (χ0) is 26.0. The van der Waals surface area contributed by atoms with Crippen LogP contribution in [0, 0.1) is 5.92 Å². The molecule has 1 aromatic heterocycles. The molecule has 0 spiro atoms. The number of aryl methyl sites for hydroxylation is 1. The minimum absolute atomic E-state index is 0.125. The SMILES string of the molecule is CCO/N=C(/c1ccc(Br)cc1)C1CCN(C2(C)CCN(C(=O)c3ccc4c(ccn4C)c3)CC2)CC1. The Hall–Kier alpha value is -2.64. The van der Waals surface area contributed by atoms with Crippen LogP contribution >= 0.6 is 15.9 Å². The zero-order valence-electron chi connectivity index (χ0n) is 22.1. The fourth-order valence-corrected chi connectivity index (χ4v) is 6.18. The zero-order valence-corrected chi connectivity index (χ0v) is 23.7. The van der Waals surface area contributed by atoms with Gasteiger partial charge in [-0.05, 0) is 94.6 Å². The first kappa shape index (κ1) is 26.0. The van der Waals surface area contributed by atoms with Crippen molar-refractivity contribution in [2.75, 3.05) is 32.8 Å². The second kappa shape index (κ2) is 11.0. The van der Waals surface area contributed by atoms with E-state index in [-0.39, 0.29) is 11.4 Å². The maximum absolute atomic E-state index is 13.3. The molecule has 0 radical (unpaired) electrons. The standard InChI is InChI=1S/C30H37BrN4O2/c1-4-37-32-28(22-5-8-26(31)9-6-22)23-12-17-35(18-13-23)30(2)14-19-34(20-15-30)29(36)25-7-10-27-24(21-25)11-16-33(27)3/h5-11,16,21,23H,4,12-15,17-20H2,1-3H3/b32-28-. The largest absolute Gasteiger partial charge is 0.396 e. The lowest BCUT2D eigenvalue weighted by atomic mass is 9.82. The van der Waals surface area contributed by atoms with Gasteiger partial charge < -0.3 is 14.3 Å². The van der Waals surface area contributed by atoms with Crippen molar-refractivity contribution in [3.05, 3.63) is 70.3 Å². The summed E-state index contributed by atoms with van der Waals surface area (Å²) in [5.41, 5.74) is 4.27. The van der Waals surface area contributed by atoms with Crippen LogP contribution in [-0.2, 0) is 11.9 Å². The van der Waals surface area contributed by atoms with Gasteiger partial charge in [0.25, 0.3) is 5.91 Å². The molecule has 2 saturated heterocycles. The summed E-state index contributed by atoms with van der Waals surface area (Å²) >= 11 is 3.53. The Morgan fingerprint density at radius 1 is 1.03 bits per heavy atom. The average Bonchev–Trinajstić information content (AvgIpc) is 3.30. The van der Waals surface area contributed by atoms with E-state index >= 15 is 0 Å². The lowest BCUT2D eigenvalue weighted by Gasteiger charge is -2.49.